The Morgan fingerprint density at radius 3 is 1.30 bits per heavy atom. The van der Waals surface area contributed by atoms with E-state index in [0.29, 0.717) is 12.8 Å². The molecule has 2 N–H and O–H groups in total. The Morgan fingerprint density at radius 2 is 1.00 bits per heavy atom. The summed E-state index contributed by atoms with van der Waals surface area (Å²) in [6.07, 6.45) is 2.93. The van der Waals surface area contributed by atoms with E-state index in [4.69, 9.17) is 0 Å². The molecule has 10 heteroatoms. The molecule has 0 bridgehead atoms. The Bertz CT molecular complexity index is 303. The highest BCUT2D eigenvalue weighted by atomic mass is 31.2. The van der Waals surface area contributed by atoms with Gasteiger partial charge in [0, 0.05) is 0 Å². The van der Waals surface area contributed by atoms with E-state index in [2.05, 4.69) is 18.1 Å². The first-order valence-corrected chi connectivity index (χ1v) is 9.56. The summed E-state index contributed by atoms with van der Waals surface area (Å²) in [5.74, 6) is 0. The second-order valence-electron chi connectivity index (χ2n) is 3.98. The second-order valence-corrected chi connectivity index (χ2v) is 6.88. The molecule has 122 valence electrons. The Balaban J connectivity index is 3.77. The third kappa shape index (κ3) is 12.0. The first-order chi connectivity index (χ1) is 9.33. The summed E-state index contributed by atoms with van der Waals surface area (Å²) >= 11 is 0. The van der Waals surface area contributed by atoms with Crippen molar-refractivity contribution in [1.82, 2.24) is 0 Å². The van der Waals surface area contributed by atoms with Crippen molar-refractivity contribution in [2.24, 2.45) is 0 Å². The van der Waals surface area contributed by atoms with Crippen LogP contribution in [-0.2, 0) is 27.2 Å². The highest BCUT2D eigenvalue weighted by molar-refractivity contribution is 7.47. The number of hydrogen-bond acceptors (Lipinski definition) is 6. The summed E-state index contributed by atoms with van der Waals surface area (Å²) in [7, 11) is -8.24. The van der Waals surface area contributed by atoms with Crippen LogP contribution in [0.15, 0.2) is 0 Å². The summed E-state index contributed by atoms with van der Waals surface area (Å²) in [6, 6.07) is 0. The SMILES string of the molecule is CCCCOP(=O)(O)OCCOP(=O)(O)OCCCC. The van der Waals surface area contributed by atoms with Crippen molar-refractivity contribution in [3.63, 3.8) is 0 Å². The van der Waals surface area contributed by atoms with Crippen molar-refractivity contribution in [3.05, 3.63) is 0 Å². The molecule has 0 radical (unpaired) electrons. The quantitative estimate of drug-likeness (QED) is 0.391. The topological polar surface area (TPSA) is 112 Å². The van der Waals surface area contributed by atoms with Crippen LogP contribution in [0.5, 0.6) is 0 Å². The molecule has 0 heterocycles. The van der Waals surface area contributed by atoms with E-state index >= 15 is 0 Å². The number of phosphoric ester groups is 2. The predicted octanol–water partition coefficient (Wildman–Crippen LogP) is 2.85. The van der Waals surface area contributed by atoms with Gasteiger partial charge in [-0.1, -0.05) is 26.7 Å². The lowest BCUT2D eigenvalue weighted by molar-refractivity contribution is 0.101. The first kappa shape index (κ1) is 20.2. The van der Waals surface area contributed by atoms with Crippen molar-refractivity contribution in [3.8, 4) is 0 Å². The van der Waals surface area contributed by atoms with Gasteiger partial charge in [0.2, 0.25) is 0 Å². The summed E-state index contributed by atoms with van der Waals surface area (Å²) in [4.78, 5) is 18.5. The van der Waals surface area contributed by atoms with Gasteiger partial charge >= 0.3 is 15.6 Å². The average Bonchev–Trinajstić information content (AvgIpc) is 2.35. The highest BCUT2D eigenvalue weighted by Crippen LogP contribution is 2.45. The van der Waals surface area contributed by atoms with Gasteiger partial charge in [0.15, 0.2) is 0 Å². The number of hydrogen-bond donors (Lipinski definition) is 2. The summed E-state index contributed by atoms with van der Waals surface area (Å²) in [5.41, 5.74) is 0. The van der Waals surface area contributed by atoms with Crippen LogP contribution in [0.2, 0.25) is 0 Å². The van der Waals surface area contributed by atoms with Crippen molar-refractivity contribution in [2.75, 3.05) is 26.4 Å². The molecule has 20 heavy (non-hydrogen) atoms. The molecular weight excluding hydrogens is 310 g/mol. The molecule has 0 fully saturated rings. The van der Waals surface area contributed by atoms with Crippen LogP contribution in [0.4, 0.5) is 0 Å². The molecule has 2 unspecified atom stereocenters. The number of phosphoric acid groups is 2. The summed E-state index contributed by atoms with van der Waals surface area (Å²) in [6.45, 7) is 3.37. The smallest absolute Gasteiger partial charge is 0.302 e. The maximum atomic E-state index is 11.3. The van der Waals surface area contributed by atoms with Crippen LogP contribution in [-0.4, -0.2) is 36.2 Å². The molecule has 0 aromatic heterocycles. The maximum absolute atomic E-state index is 11.3. The Hall–Kier alpha value is 0.220. The van der Waals surface area contributed by atoms with Crippen LogP contribution >= 0.6 is 15.6 Å². The maximum Gasteiger partial charge on any atom is 0.472 e. The van der Waals surface area contributed by atoms with Crippen molar-refractivity contribution >= 4 is 15.6 Å². The van der Waals surface area contributed by atoms with Gasteiger partial charge in [-0.05, 0) is 12.8 Å². The highest BCUT2D eigenvalue weighted by Gasteiger charge is 2.23. The monoisotopic (exact) mass is 334 g/mol. The molecule has 0 aliphatic rings. The molecule has 0 aromatic rings. The van der Waals surface area contributed by atoms with Gasteiger partial charge in [-0.25, -0.2) is 9.13 Å². The lowest BCUT2D eigenvalue weighted by Gasteiger charge is -2.14. The zero-order valence-corrected chi connectivity index (χ0v) is 13.7. The van der Waals surface area contributed by atoms with Crippen molar-refractivity contribution in [1.29, 1.82) is 0 Å². The Kier molecular flexibility index (Phi) is 11.0. The molecule has 0 aliphatic heterocycles. The van der Waals surface area contributed by atoms with Crippen LogP contribution in [0.25, 0.3) is 0 Å². The van der Waals surface area contributed by atoms with Gasteiger partial charge in [0.05, 0.1) is 26.4 Å². The fraction of sp³-hybridized carbons (Fsp3) is 1.00. The minimum Gasteiger partial charge on any atom is -0.302 e. The average molecular weight is 334 g/mol. The predicted molar refractivity (Wildman–Crippen MR) is 73.3 cm³/mol. The molecule has 0 aliphatic carbocycles. The standard InChI is InChI=1S/C10H24O8P2/c1-3-5-7-15-19(11,12)17-9-10-18-20(13,14)16-8-6-4-2/h3-10H2,1-2H3,(H,11,12)(H,13,14). The van der Waals surface area contributed by atoms with Gasteiger partial charge in [0.25, 0.3) is 0 Å². The van der Waals surface area contributed by atoms with E-state index in [-0.39, 0.29) is 26.4 Å². The number of rotatable bonds is 13. The van der Waals surface area contributed by atoms with Crippen LogP contribution in [0.1, 0.15) is 39.5 Å². The van der Waals surface area contributed by atoms with E-state index in [1.165, 1.54) is 0 Å². The van der Waals surface area contributed by atoms with Crippen LogP contribution in [0.3, 0.4) is 0 Å². The van der Waals surface area contributed by atoms with Crippen molar-refractivity contribution in [2.45, 2.75) is 39.5 Å². The first-order valence-electron chi connectivity index (χ1n) is 6.56. The lowest BCUT2D eigenvalue weighted by atomic mass is 10.4. The molecule has 0 amide bonds. The van der Waals surface area contributed by atoms with E-state index in [0.717, 1.165) is 12.8 Å². The molecular formula is C10H24O8P2. The molecule has 2 atom stereocenters. The fourth-order valence-corrected chi connectivity index (χ4v) is 2.51. The molecule has 0 saturated carbocycles. The third-order valence-electron chi connectivity index (χ3n) is 2.10. The van der Waals surface area contributed by atoms with Crippen LogP contribution in [0, 0.1) is 0 Å². The molecule has 0 saturated heterocycles. The third-order valence-corrected chi connectivity index (χ3v) is 4.13. The Morgan fingerprint density at radius 1 is 0.700 bits per heavy atom. The van der Waals surface area contributed by atoms with Gasteiger partial charge < -0.3 is 9.79 Å². The van der Waals surface area contributed by atoms with Crippen molar-refractivity contribution < 1.29 is 37.0 Å². The Labute approximate surface area is 119 Å². The zero-order valence-electron chi connectivity index (χ0n) is 11.9. The molecule has 0 spiro atoms. The number of unbranched alkanes of at least 4 members (excludes halogenated alkanes) is 2. The minimum absolute atomic E-state index is 0.115. The van der Waals surface area contributed by atoms with Gasteiger partial charge in [-0.3, -0.25) is 18.1 Å². The van der Waals surface area contributed by atoms with E-state index in [1.807, 2.05) is 13.8 Å². The van der Waals surface area contributed by atoms with Crippen LogP contribution < -0.4 is 0 Å². The second kappa shape index (κ2) is 10.9. The minimum atomic E-state index is -4.12. The van der Waals surface area contributed by atoms with Gasteiger partial charge in [-0.15, -0.1) is 0 Å². The van der Waals surface area contributed by atoms with Gasteiger partial charge in [-0.2, -0.15) is 0 Å². The van der Waals surface area contributed by atoms with E-state index in [1.54, 1.807) is 0 Å². The summed E-state index contributed by atoms with van der Waals surface area (Å²) in [5, 5.41) is 0. The van der Waals surface area contributed by atoms with Gasteiger partial charge in [0.1, 0.15) is 0 Å². The fourth-order valence-electron chi connectivity index (χ4n) is 1.03. The zero-order chi connectivity index (χ0) is 15.5. The summed E-state index contributed by atoms with van der Waals surface area (Å²) < 4.78 is 41.1. The molecule has 8 nitrogen and oxygen atoms in total. The molecule has 0 aromatic carbocycles. The normalized spacial score (nSPS) is 17.6. The van der Waals surface area contributed by atoms with E-state index in [9.17, 15) is 18.9 Å². The molecule has 0 rings (SSSR count). The van der Waals surface area contributed by atoms with E-state index < -0.39 is 15.6 Å². The lowest BCUT2D eigenvalue weighted by Crippen LogP contribution is -2.05. The largest absolute Gasteiger partial charge is 0.472 e.